The molecule has 2 aliphatic rings. The van der Waals surface area contributed by atoms with Gasteiger partial charge < -0.3 is 64.2 Å². The molecule has 7 N–H and O–H groups in total. The number of aliphatic hydroxyl groups excluding tert-OH is 7. The minimum Gasteiger partial charge on any atom is -0.457 e. The van der Waals surface area contributed by atoms with Crippen molar-refractivity contribution >= 4 is 5.97 Å². The average Bonchev–Trinajstić information content (AvgIpc) is 3.37. The Balaban J connectivity index is 1.80. The Morgan fingerprint density at radius 1 is 0.465 bits per heavy atom. The van der Waals surface area contributed by atoms with Gasteiger partial charge >= 0.3 is 5.97 Å². The van der Waals surface area contributed by atoms with Crippen molar-refractivity contribution in [2.24, 2.45) is 0 Å². The summed E-state index contributed by atoms with van der Waals surface area (Å²) < 4.78 is 34.1. The quantitative estimate of drug-likeness (QED) is 0.0176. The minimum absolute atomic E-state index is 0.00228. The maximum Gasteiger partial charge on any atom is 0.310 e. The number of carbonyl (C=O) groups is 1. The molecule has 0 aromatic heterocycles. The predicted molar refractivity (Wildman–Crippen MR) is 279 cm³/mol. The molecule has 0 aliphatic carbocycles. The Bertz CT molecular complexity index is 1630. The van der Waals surface area contributed by atoms with E-state index in [0.717, 1.165) is 103 Å². The van der Waals surface area contributed by atoms with Crippen LogP contribution in [0.25, 0.3) is 0 Å². The fraction of sp³-hybridized carbons (Fsp3) is 0.632. The first kappa shape index (κ1) is 63.5. The molecule has 2 rings (SSSR count). The molecule has 11 unspecified atom stereocenters. The highest BCUT2D eigenvalue weighted by molar-refractivity contribution is 5.71. The second-order valence-corrected chi connectivity index (χ2v) is 17.6. The molecule has 2 fully saturated rings. The van der Waals surface area contributed by atoms with E-state index in [1.807, 2.05) is 12.2 Å². The molecule has 11 atom stereocenters. The van der Waals surface area contributed by atoms with Crippen molar-refractivity contribution in [3.63, 3.8) is 0 Å². The van der Waals surface area contributed by atoms with Gasteiger partial charge in [-0.25, -0.2) is 0 Å². The van der Waals surface area contributed by atoms with Crippen LogP contribution in [0.1, 0.15) is 129 Å². The van der Waals surface area contributed by atoms with Gasteiger partial charge in [-0.1, -0.05) is 161 Å². The number of ether oxygens (including phenoxy) is 6. The zero-order valence-electron chi connectivity index (χ0n) is 42.6. The van der Waals surface area contributed by atoms with Gasteiger partial charge in [-0.05, 0) is 83.5 Å². The van der Waals surface area contributed by atoms with Gasteiger partial charge in [-0.2, -0.15) is 0 Å². The van der Waals surface area contributed by atoms with E-state index in [1.54, 1.807) is 6.08 Å². The van der Waals surface area contributed by atoms with E-state index in [1.165, 1.54) is 0 Å². The van der Waals surface area contributed by atoms with Crippen LogP contribution in [0.3, 0.4) is 0 Å². The van der Waals surface area contributed by atoms with E-state index in [9.17, 15) is 40.5 Å². The number of carbonyl (C=O) groups excluding carboxylic acids is 1. The summed E-state index contributed by atoms with van der Waals surface area (Å²) in [5, 5.41) is 72.1. The molecule has 402 valence electrons. The highest BCUT2D eigenvalue weighted by atomic mass is 16.7. The van der Waals surface area contributed by atoms with Crippen LogP contribution in [0.15, 0.2) is 122 Å². The molecule has 0 spiro atoms. The summed E-state index contributed by atoms with van der Waals surface area (Å²) in [6.07, 6.45) is 42.9. The van der Waals surface area contributed by atoms with Crippen LogP contribution in [0.5, 0.6) is 0 Å². The zero-order valence-corrected chi connectivity index (χ0v) is 42.6. The van der Waals surface area contributed by atoms with Gasteiger partial charge in [0.15, 0.2) is 12.6 Å². The number of hydrogen-bond donors (Lipinski definition) is 7. The Morgan fingerprint density at radius 2 is 0.873 bits per heavy atom. The van der Waals surface area contributed by atoms with E-state index in [4.69, 9.17) is 28.4 Å². The predicted octanol–water partition coefficient (Wildman–Crippen LogP) is 8.18. The maximum atomic E-state index is 13.0. The van der Waals surface area contributed by atoms with Crippen LogP contribution < -0.4 is 0 Å². The van der Waals surface area contributed by atoms with Gasteiger partial charge in [-0.15, -0.1) is 0 Å². The molecule has 71 heavy (non-hydrogen) atoms. The van der Waals surface area contributed by atoms with Crippen LogP contribution in [0.4, 0.5) is 0 Å². The van der Waals surface area contributed by atoms with Crippen LogP contribution in [-0.2, 0) is 33.2 Å². The molecular formula is C57H90O14. The van der Waals surface area contributed by atoms with Crippen molar-refractivity contribution in [2.45, 2.75) is 197 Å². The third kappa shape index (κ3) is 30.3. The lowest BCUT2D eigenvalue weighted by molar-refractivity contribution is -0.332. The van der Waals surface area contributed by atoms with Crippen LogP contribution in [-0.4, -0.2) is 142 Å². The molecule has 2 saturated heterocycles. The number of rotatable bonds is 39. The van der Waals surface area contributed by atoms with Crippen LogP contribution >= 0.6 is 0 Å². The minimum atomic E-state index is -1.73. The molecule has 0 bridgehead atoms. The Morgan fingerprint density at radius 3 is 1.37 bits per heavy atom. The molecule has 14 nitrogen and oxygen atoms in total. The largest absolute Gasteiger partial charge is 0.457 e. The van der Waals surface area contributed by atoms with E-state index in [0.29, 0.717) is 13.0 Å². The summed E-state index contributed by atoms with van der Waals surface area (Å²) in [5.41, 5.74) is 0. The van der Waals surface area contributed by atoms with Crippen LogP contribution in [0.2, 0.25) is 0 Å². The van der Waals surface area contributed by atoms with Gasteiger partial charge in [0.2, 0.25) is 0 Å². The summed E-state index contributed by atoms with van der Waals surface area (Å²) in [4.78, 5) is 13.0. The van der Waals surface area contributed by atoms with Gasteiger partial charge in [0.05, 0.1) is 32.8 Å². The highest BCUT2D eigenvalue weighted by Gasteiger charge is 2.47. The standard InChI is InChI=1S/C57H90O14/c1-3-5-7-9-11-13-15-17-19-20-21-22-23-24-25-27-29-31-33-35-37-39-41-66-43-46(69-49(59)40-38-36-34-32-30-28-26-18-16-14-12-10-8-6-4-2)44-67-56-55(65)53(63)51(61)48(71-56)45-68-57-54(64)52(62)50(60)47(42-58)70-57/h5-8,11-14,17-19,21-22,24-26,30,32,36,38,46-48,50-58,60-65H,3-4,9-10,15-16,20,23,27-29,31,33-35,37,39-45H2,1-2H3/b7-5-,8-6-,13-11-,14-12-,19-17-,22-21-,25-24-,26-18-,32-30-,38-36-. The monoisotopic (exact) mass is 999 g/mol. The zero-order chi connectivity index (χ0) is 51.6. The molecule has 0 aromatic rings. The number of allylic oxidation sites excluding steroid dienone is 19. The first-order valence-electron chi connectivity index (χ1n) is 26.1. The van der Waals surface area contributed by atoms with Crippen molar-refractivity contribution in [2.75, 3.05) is 33.0 Å². The molecule has 0 aromatic carbocycles. The topological polar surface area (TPSA) is 214 Å². The fourth-order valence-corrected chi connectivity index (χ4v) is 7.33. The van der Waals surface area contributed by atoms with Crippen molar-refractivity contribution in [1.29, 1.82) is 0 Å². The first-order valence-corrected chi connectivity index (χ1v) is 26.1. The third-order valence-corrected chi connectivity index (χ3v) is 11.5. The molecular weight excluding hydrogens is 909 g/mol. The third-order valence-electron chi connectivity index (χ3n) is 11.5. The van der Waals surface area contributed by atoms with Gasteiger partial charge in [0.25, 0.3) is 0 Å². The summed E-state index contributed by atoms with van der Waals surface area (Å²) in [6, 6.07) is 0. The van der Waals surface area contributed by atoms with E-state index in [-0.39, 0.29) is 19.6 Å². The SMILES string of the molecule is CC/C=C\C/C=C\C/C=C\C/C=C\C/C=C\CCCCCCCCOCC(COC1OC(COC2OC(CO)C(O)C(O)C2O)C(O)C(O)C1O)OC(=O)C/C=C\C/C=C\C/C=C\C/C=C\C/C=C\CC. The Kier molecular flexibility index (Phi) is 38.3. The molecule has 0 amide bonds. The van der Waals surface area contributed by atoms with Crippen LogP contribution in [0, 0.1) is 0 Å². The maximum absolute atomic E-state index is 13.0. The average molecular weight is 999 g/mol. The Hall–Kier alpha value is -3.61. The number of aliphatic hydroxyl groups is 7. The number of unbranched alkanes of at least 4 members (excludes halogenated alkanes) is 6. The molecule has 2 aliphatic heterocycles. The lowest BCUT2D eigenvalue weighted by Gasteiger charge is -2.42. The number of esters is 1. The Labute approximate surface area is 425 Å². The van der Waals surface area contributed by atoms with Gasteiger partial charge in [0.1, 0.15) is 54.9 Å². The van der Waals surface area contributed by atoms with Gasteiger partial charge in [-0.3, -0.25) is 4.79 Å². The highest BCUT2D eigenvalue weighted by Crippen LogP contribution is 2.26. The van der Waals surface area contributed by atoms with E-state index in [2.05, 4.69) is 117 Å². The molecule has 2 heterocycles. The summed E-state index contributed by atoms with van der Waals surface area (Å²) in [7, 11) is 0. The van der Waals surface area contributed by atoms with Crippen molar-refractivity contribution in [1.82, 2.24) is 0 Å². The fourth-order valence-electron chi connectivity index (χ4n) is 7.33. The van der Waals surface area contributed by atoms with Crippen molar-refractivity contribution < 1.29 is 69.0 Å². The molecule has 0 radical (unpaired) electrons. The summed E-state index contributed by atoms with van der Waals surface area (Å²) in [5.74, 6) is -0.514. The van der Waals surface area contributed by atoms with E-state index >= 15 is 0 Å². The lowest BCUT2D eigenvalue weighted by Crippen LogP contribution is -2.61. The summed E-state index contributed by atoms with van der Waals surface area (Å²) in [6.45, 7) is 3.25. The smallest absolute Gasteiger partial charge is 0.310 e. The molecule has 0 saturated carbocycles. The first-order chi connectivity index (χ1) is 34.6. The molecule has 14 heteroatoms. The lowest BCUT2D eigenvalue weighted by atomic mass is 9.98. The van der Waals surface area contributed by atoms with E-state index < -0.39 is 86.7 Å². The van der Waals surface area contributed by atoms with Crippen molar-refractivity contribution in [3.05, 3.63) is 122 Å². The van der Waals surface area contributed by atoms with Gasteiger partial charge in [0, 0.05) is 6.61 Å². The normalized spacial score (nSPS) is 26.3. The number of hydrogen-bond acceptors (Lipinski definition) is 14. The summed E-state index contributed by atoms with van der Waals surface area (Å²) >= 11 is 0. The second kappa shape index (κ2) is 42.9. The second-order valence-electron chi connectivity index (χ2n) is 17.6. The van der Waals surface area contributed by atoms with Crippen molar-refractivity contribution in [3.8, 4) is 0 Å².